The molecular formula is C18H24N4O3. The molecule has 1 heterocycles. The number of hydrogen-bond donors (Lipinski definition) is 3. The zero-order chi connectivity index (χ0) is 17.9. The van der Waals surface area contributed by atoms with Gasteiger partial charge in [-0.2, -0.15) is 0 Å². The van der Waals surface area contributed by atoms with E-state index in [1.807, 2.05) is 12.1 Å². The number of carbonyl (C=O) groups excluding carboxylic acids is 1. The fraction of sp³-hybridized carbons (Fsp3) is 0.333. The molecule has 0 atom stereocenters. The molecule has 7 nitrogen and oxygen atoms in total. The maximum absolute atomic E-state index is 12.0. The van der Waals surface area contributed by atoms with Crippen LogP contribution in [-0.2, 0) is 6.42 Å². The normalized spacial score (nSPS) is 11.0. The van der Waals surface area contributed by atoms with E-state index in [0.29, 0.717) is 31.2 Å². The molecule has 0 spiro atoms. The van der Waals surface area contributed by atoms with Crippen LogP contribution in [0.4, 0.5) is 0 Å². The first-order valence-corrected chi connectivity index (χ1v) is 8.12. The lowest BCUT2D eigenvalue weighted by Gasteiger charge is -2.12. The first-order valence-electron chi connectivity index (χ1n) is 8.12. The Kier molecular flexibility index (Phi) is 7.37. The van der Waals surface area contributed by atoms with Crippen LogP contribution >= 0.6 is 0 Å². The lowest BCUT2D eigenvalue weighted by Crippen LogP contribution is -2.42. The van der Waals surface area contributed by atoms with Crippen LogP contribution in [0.2, 0.25) is 0 Å². The highest BCUT2D eigenvalue weighted by molar-refractivity contribution is 5.94. The number of methoxy groups -OCH3 is 1. The van der Waals surface area contributed by atoms with E-state index in [9.17, 15) is 4.79 Å². The first kappa shape index (κ1) is 18.4. The van der Waals surface area contributed by atoms with Gasteiger partial charge in [-0.15, -0.1) is 0 Å². The van der Waals surface area contributed by atoms with E-state index in [0.717, 1.165) is 17.9 Å². The van der Waals surface area contributed by atoms with Crippen LogP contribution in [-0.4, -0.2) is 45.7 Å². The standard InChI is InChI=1S/C18H24N4O3/c1-19-18(21-10-9-16-4-3-13-25-16)22-12-11-20-17(23)14-5-7-15(24-2)8-6-14/h3-8,13H,9-12H2,1-2H3,(H,20,23)(H2,19,21,22). The molecule has 0 radical (unpaired) electrons. The maximum Gasteiger partial charge on any atom is 0.251 e. The van der Waals surface area contributed by atoms with Crippen LogP contribution in [0, 0.1) is 0 Å². The Morgan fingerprint density at radius 3 is 2.44 bits per heavy atom. The minimum Gasteiger partial charge on any atom is -0.497 e. The van der Waals surface area contributed by atoms with E-state index in [2.05, 4.69) is 20.9 Å². The van der Waals surface area contributed by atoms with E-state index < -0.39 is 0 Å². The van der Waals surface area contributed by atoms with E-state index in [1.165, 1.54) is 0 Å². The van der Waals surface area contributed by atoms with Gasteiger partial charge in [0.15, 0.2) is 5.96 Å². The van der Waals surface area contributed by atoms with Gasteiger partial charge in [0.25, 0.3) is 5.91 Å². The molecule has 0 saturated carbocycles. The molecule has 0 bridgehead atoms. The molecule has 0 fully saturated rings. The summed E-state index contributed by atoms with van der Waals surface area (Å²) < 4.78 is 10.3. The lowest BCUT2D eigenvalue weighted by molar-refractivity contribution is 0.0954. The summed E-state index contributed by atoms with van der Waals surface area (Å²) in [4.78, 5) is 16.2. The predicted molar refractivity (Wildman–Crippen MR) is 97.1 cm³/mol. The number of aliphatic imine (C=N–C) groups is 1. The largest absolute Gasteiger partial charge is 0.497 e. The van der Waals surface area contributed by atoms with Gasteiger partial charge in [-0.3, -0.25) is 9.79 Å². The van der Waals surface area contributed by atoms with E-state index in [4.69, 9.17) is 9.15 Å². The van der Waals surface area contributed by atoms with Gasteiger partial charge >= 0.3 is 0 Å². The summed E-state index contributed by atoms with van der Waals surface area (Å²) in [5, 5.41) is 9.19. The number of hydrogen-bond acceptors (Lipinski definition) is 4. The average molecular weight is 344 g/mol. The van der Waals surface area contributed by atoms with E-state index in [1.54, 1.807) is 44.7 Å². The summed E-state index contributed by atoms with van der Waals surface area (Å²) in [5.41, 5.74) is 0.599. The summed E-state index contributed by atoms with van der Waals surface area (Å²) in [6.07, 6.45) is 2.44. The Morgan fingerprint density at radius 2 is 1.80 bits per heavy atom. The number of carbonyl (C=O) groups is 1. The first-order chi connectivity index (χ1) is 12.2. The minimum atomic E-state index is -0.120. The second kappa shape index (κ2) is 10.0. The Hall–Kier alpha value is -2.96. The van der Waals surface area contributed by atoms with Crippen LogP contribution in [0.1, 0.15) is 16.1 Å². The van der Waals surface area contributed by atoms with Crippen molar-refractivity contribution in [1.82, 2.24) is 16.0 Å². The van der Waals surface area contributed by atoms with Gasteiger partial charge < -0.3 is 25.1 Å². The highest BCUT2D eigenvalue weighted by Gasteiger charge is 2.05. The molecule has 0 aliphatic heterocycles. The Bertz CT molecular complexity index is 666. The van der Waals surface area contributed by atoms with Crippen LogP contribution in [0.15, 0.2) is 52.1 Å². The summed E-state index contributed by atoms with van der Waals surface area (Å²) in [5.74, 6) is 2.22. The molecule has 7 heteroatoms. The second-order valence-electron chi connectivity index (χ2n) is 5.24. The third kappa shape index (κ3) is 6.21. The number of benzene rings is 1. The third-order valence-corrected chi connectivity index (χ3v) is 3.52. The van der Waals surface area contributed by atoms with Crippen LogP contribution in [0.5, 0.6) is 5.75 Å². The van der Waals surface area contributed by atoms with Crippen molar-refractivity contribution in [2.75, 3.05) is 33.8 Å². The molecule has 1 amide bonds. The number of nitrogens with one attached hydrogen (secondary N) is 3. The molecule has 134 valence electrons. The summed E-state index contributed by atoms with van der Waals surface area (Å²) >= 11 is 0. The minimum absolute atomic E-state index is 0.120. The van der Waals surface area contributed by atoms with Gasteiger partial charge in [0.05, 0.1) is 13.4 Å². The van der Waals surface area contributed by atoms with Crippen molar-refractivity contribution in [2.45, 2.75) is 6.42 Å². The number of amides is 1. The fourth-order valence-electron chi connectivity index (χ4n) is 2.18. The van der Waals surface area contributed by atoms with Crippen molar-refractivity contribution in [3.05, 3.63) is 54.0 Å². The zero-order valence-electron chi connectivity index (χ0n) is 14.5. The van der Waals surface area contributed by atoms with Crippen LogP contribution in [0.3, 0.4) is 0 Å². The zero-order valence-corrected chi connectivity index (χ0v) is 14.5. The highest BCUT2D eigenvalue weighted by Crippen LogP contribution is 2.10. The summed E-state index contributed by atoms with van der Waals surface area (Å²) in [6.45, 7) is 1.78. The fourth-order valence-corrected chi connectivity index (χ4v) is 2.18. The van der Waals surface area contributed by atoms with Crippen LogP contribution < -0.4 is 20.7 Å². The molecule has 3 N–H and O–H groups in total. The predicted octanol–water partition coefficient (Wildman–Crippen LogP) is 1.43. The van der Waals surface area contributed by atoms with Crippen molar-refractivity contribution < 1.29 is 13.9 Å². The monoisotopic (exact) mass is 344 g/mol. The lowest BCUT2D eigenvalue weighted by atomic mass is 10.2. The maximum atomic E-state index is 12.0. The Morgan fingerprint density at radius 1 is 1.08 bits per heavy atom. The molecule has 0 unspecified atom stereocenters. The molecule has 1 aromatic carbocycles. The Balaban J connectivity index is 1.63. The van der Waals surface area contributed by atoms with E-state index in [-0.39, 0.29) is 5.91 Å². The van der Waals surface area contributed by atoms with Crippen molar-refractivity contribution in [1.29, 1.82) is 0 Å². The molecule has 0 saturated heterocycles. The van der Waals surface area contributed by atoms with Crippen molar-refractivity contribution in [2.24, 2.45) is 4.99 Å². The number of ether oxygens (including phenoxy) is 1. The molecule has 2 rings (SSSR count). The summed E-state index contributed by atoms with van der Waals surface area (Å²) in [7, 11) is 3.30. The molecule has 25 heavy (non-hydrogen) atoms. The van der Waals surface area contributed by atoms with Gasteiger partial charge in [0, 0.05) is 38.7 Å². The molecular weight excluding hydrogens is 320 g/mol. The highest BCUT2D eigenvalue weighted by atomic mass is 16.5. The van der Waals surface area contributed by atoms with Gasteiger partial charge in [-0.05, 0) is 36.4 Å². The quantitative estimate of drug-likeness (QED) is 0.383. The van der Waals surface area contributed by atoms with Gasteiger partial charge in [-0.25, -0.2) is 0 Å². The van der Waals surface area contributed by atoms with Crippen molar-refractivity contribution in [3.8, 4) is 5.75 Å². The Labute approximate surface area is 147 Å². The molecule has 1 aromatic heterocycles. The third-order valence-electron chi connectivity index (χ3n) is 3.52. The van der Waals surface area contributed by atoms with Gasteiger partial charge in [0.2, 0.25) is 0 Å². The van der Waals surface area contributed by atoms with E-state index >= 15 is 0 Å². The van der Waals surface area contributed by atoms with Crippen LogP contribution in [0.25, 0.3) is 0 Å². The molecule has 0 aliphatic carbocycles. The molecule has 0 aliphatic rings. The van der Waals surface area contributed by atoms with Crippen molar-refractivity contribution in [3.63, 3.8) is 0 Å². The average Bonchev–Trinajstić information content (AvgIpc) is 3.17. The smallest absolute Gasteiger partial charge is 0.251 e. The number of rotatable bonds is 8. The summed E-state index contributed by atoms with van der Waals surface area (Å²) in [6, 6.07) is 10.8. The number of nitrogens with zero attached hydrogens (tertiary/aromatic N) is 1. The second-order valence-corrected chi connectivity index (χ2v) is 5.24. The SMILES string of the molecule is CN=C(NCCNC(=O)c1ccc(OC)cc1)NCCc1ccco1. The van der Waals surface area contributed by atoms with Gasteiger partial charge in [0.1, 0.15) is 11.5 Å². The van der Waals surface area contributed by atoms with Gasteiger partial charge in [-0.1, -0.05) is 0 Å². The molecule has 2 aromatic rings. The number of furan rings is 1. The number of guanidine groups is 1. The van der Waals surface area contributed by atoms with Crippen molar-refractivity contribution >= 4 is 11.9 Å². The topological polar surface area (TPSA) is 87.9 Å².